The third kappa shape index (κ3) is 5.30. The number of hydrogen-bond donors (Lipinski definition) is 0. The summed E-state index contributed by atoms with van der Waals surface area (Å²) in [7, 11) is 0. The maximum absolute atomic E-state index is 12.5. The highest BCUT2D eigenvalue weighted by Gasteiger charge is 2.22. The quantitative estimate of drug-likeness (QED) is 0.760. The second-order valence-electron chi connectivity index (χ2n) is 7.48. The molecule has 1 aliphatic heterocycles. The van der Waals surface area contributed by atoms with E-state index in [0.717, 1.165) is 49.2 Å². The van der Waals surface area contributed by atoms with Crippen molar-refractivity contribution >= 4 is 17.2 Å². The summed E-state index contributed by atoms with van der Waals surface area (Å²) in [5.41, 5.74) is 3.65. The number of benzene rings is 1. The summed E-state index contributed by atoms with van der Waals surface area (Å²) in [6.07, 6.45) is 0. The summed E-state index contributed by atoms with van der Waals surface area (Å²) in [6.45, 7) is 12.7. The van der Waals surface area contributed by atoms with Crippen molar-refractivity contribution in [3.8, 4) is 5.75 Å². The van der Waals surface area contributed by atoms with Crippen LogP contribution in [0.3, 0.4) is 0 Å². The molecular formula is C21H29N3O2S. The van der Waals surface area contributed by atoms with Crippen molar-refractivity contribution in [2.45, 2.75) is 40.2 Å². The van der Waals surface area contributed by atoms with Crippen molar-refractivity contribution in [1.82, 2.24) is 14.8 Å². The lowest BCUT2D eigenvalue weighted by atomic mass is 9.98. The Kier molecular flexibility index (Phi) is 6.50. The van der Waals surface area contributed by atoms with Crippen LogP contribution in [0.5, 0.6) is 5.75 Å². The van der Waals surface area contributed by atoms with E-state index < -0.39 is 0 Å². The first-order valence-electron chi connectivity index (χ1n) is 9.57. The molecule has 1 aromatic carbocycles. The van der Waals surface area contributed by atoms with Gasteiger partial charge in [0, 0.05) is 38.1 Å². The summed E-state index contributed by atoms with van der Waals surface area (Å²) >= 11 is 1.69. The molecule has 0 aliphatic carbocycles. The monoisotopic (exact) mass is 387 g/mol. The number of ether oxygens (including phenoxy) is 1. The molecule has 1 fully saturated rings. The van der Waals surface area contributed by atoms with Crippen LogP contribution in [0, 0.1) is 13.8 Å². The Labute approximate surface area is 166 Å². The molecule has 0 unspecified atom stereocenters. The van der Waals surface area contributed by atoms with E-state index in [2.05, 4.69) is 42.1 Å². The Morgan fingerprint density at radius 1 is 1.22 bits per heavy atom. The molecule has 6 heteroatoms. The zero-order chi connectivity index (χ0) is 19.4. The Morgan fingerprint density at radius 3 is 2.56 bits per heavy atom. The summed E-state index contributed by atoms with van der Waals surface area (Å²) in [5, 5.41) is 3.22. The van der Waals surface area contributed by atoms with E-state index in [1.54, 1.807) is 11.3 Å². The molecular weight excluding hydrogens is 358 g/mol. The van der Waals surface area contributed by atoms with Crippen LogP contribution in [0.15, 0.2) is 23.6 Å². The van der Waals surface area contributed by atoms with Gasteiger partial charge in [0.2, 0.25) is 0 Å². The van der Waals surface area contributed by atoms with E-state index in [1.807, 2.05) is 24.0 Å². The largest absolute Gasteiger partial charge is 0.484 e. The molecule has 1 amide bonds. The summed E-state index contributed by atoms with van der Waals surface area (Å²) < 4.78 is 5.75. The SMILES string of the molecule is Cc1nc(CN2CCN(C(=O)COc3ccc(C(C)C)c(C)c3)CC2)cs1. The number of thiazole rings is 1. The number of nitrogens with zero attached hydrogens (tertiary/aromatic N) is 3. The summed E-state index contributed by atoms with van der Waals surface area (Å²) in [4.78, 5) is 21.2. The van der Waals surface area contributed by atoms with E-state index in [1.165, 1.54) is 11.1 Å². The third-order valence-corrected chi connectivity index (χ3v) is 5.83. The smallest absolute Gasteiger partial charge is 0.260 e. The molecule has 0 spiro atoms. The lowest BCUT2D eigenvalue weighted by Gasteiger charge is -2.34. The fourth-order valence-corrected chi connectivity index (χ4v) is 4.09. The molecule has 0 bridgehead atoms. The number of amides is 1. The highest BCUT2D eigenvalue weighted by Crippen LogP contribution is 2.23. The minimum absolute atomic E-state index is 0.0599. The molecule has 2 heterocycles. The molecule has 1 saturated heterocycles. The fourth-order valence-electron chi connectivity index (χ4n) is 3.49. The maximum atomic E-state index is 12.5. The van der Waals surface area contributed by atoms with Crippen molar-refractivity contribution < 1.29 is 9.53 Å². The Bertz CT molecular complexity index is 779. The van der Waals surface area contributed by atoms with Gasteiger partial charge >= 0.3 is 0 Å². The van der Waals surface area contributed by atoms with Crippen LogP contribution >= 0.6 is 11.3 Å². The van der Waals surface area contributed by atoms with Gasteiger partial charge in [0.05, 0.1) is 10.7 Å². The average Bonchev–Trinajstić information content (AvgIpc) is 3.05. The summed E-state index contributed by atoms with van der Waals surface area (Å²) in [6, 6.07) is 6.08. The second kappa shape index (κ2) is 8.85. The van der Waals surface area contributed by atoms with Gasteiger partial charge in [-0.25, -0.2) is 4.98 Å². The Balaban J connectivity index is 1.45. The lowest BCUT2D eigenvalue weighted by Crippen LogP contribution is -2.49. The number of rotatable bonds is 6. The van der Waals surface area contributed by atoms with Gasteiger partial charge < -0.3 is 9.64 Å². The van der Waals surface area contributed by atoms with Crippen molar-refractivity contribution in [3.63, 3.8) is 0 Å². The molecule has 0 radical (unpaired) electrons. The van der Waals surface area contributed by atoms with Gasteiger partial charge in [-0.15, -0.1) is 11.3 Å². The number of carbonyl (C=O) groups is 1. The fraction of sp³-hybridized carbons (Fsp3) is 0.524. The number of hydrogen-bond acceptors (Lipinski definition) is 5. The number of carbonyl (C=O) groups excluding carboxylic acids is 1. The molecule has 27 heavy (non-hydrogen) atoms. The molecule has 1 aromatic heterocycles. The van der Waals surface area contributed by atoms with Crippen LogP contribution in [-0.2, 0) is 11.3 Å². The van der Waals surface area contributed by atoms with Crippen LogP contribution in [0.25, 0.3) is 0 Å². The Hall–Kier alpha value is -1.92. The van der Waals surface area contributed by atoms with Gasteiger partial charge in [-0.3, -0.25) is 9.69 Å². The minimum atomic E-state index is 0.0599. The molecule has 3 rings (SSSR count). The molecule has 1 aliphatic rings. The first-order chi connectivity index (χ1) is 12.9. The lowest BCUT2D eigenvalue weighted by molar-refractivity contribution is -0.135. The van der Waals surface area contributed by atoms with Gasteiger partial charge in [0.1, 0.15) is 5.75 Å². The van der Waals surface area contributed by atoms with E-state index >= 15 is 0 Å². The third-order valence-electron chi connectivity index (χ3n) is 5.00. The van der Waals surface area contributed by atoms with Crippen LogP contribution in [0.2, 0.25) is 0 Å². The van der Waals surface area contributed by atoms with Crippen molar-refractivity contribution in [2.24, 2.45) is 0 Å². The standard InChI is InChI=1S/C21H29N3O2S/c1-15(2)20-6-5-19(11-16(20)3)26-13-21(25)24-9-7-23(8-10-24)12-18-14-27-17(4)22-18/h5-6,11,14-15H,7-10,12-13H2,1-4H3. The van der Waals surface area contributed by atoms with Crippen molar-refractivity contribution in [3.05, 3.63) is 45.4 Å². The van der Waals surface area contributed by atoms with Gasteiger partial charge in [0.15, 0.2) is 6.61 Å². The number of aromatic nitrogens is 1. The zero-order valence-electron chi connectivity index (χ0n) is 16.7. The van der Waals surface area contributed by atoms with Gasteiger partial charge in [0.25, 0.3) is 5.91 Å². The van der Waals surface area contributed by atoms with Crippen LogP contribution < -0.4 is 4.74 Å². The van der Waals surface area contributed by atoms with Gasteiger partial charge in [-0.05, 0) is 43.0 Å². The van der Waals surface area contributed by atoms with Crippen LogP contribution in [0.1, 0.15) is 41.6 Å². The molecule has 2 aromatic rings. The molecule has 0 N–H and O–H groups in total. The van der Waals surface area contributed by atoms with E-state index in [4.69, 9.17) is 4.74 Å². The first-order valence-corrected chi connectivity index (χ1v) is 10.4. The van der Waals surface area contributed by atoms with Gasteiger partial charge in [-0.1, -0.05) is 19.9 Å². The molecule has 0 saturated carbocycles. The minimum Gasteiger partial charge on any atom is -0.484 e. The van der Waals surface area contributed by atoms with E-state index in [9.17, 15) is 4.79 Å². The summed E-state index contributed by atoms with van der Waals surface area (Å²) in [5.74, 6) is 1.32. The predicted octanol–water partition coefficient (Wildman–Crippen LogP) is 3.61. The highest BCUT2D eigenvalue weighted by atomic mass is 32.1. The second-order valence-corrected chi connectivity index (χ2v) is 8.54. The van der Waals surface area contributed by atoms with E-state index in [-0.39, 0.29) is 12.5 Å². The normalized spacial score (nSPS) is 15.4. The van der Waals surface area contributed by atoms with E-state index in [0.29, 0.717) is 5.92 Å². The maximum Gasteiger partial charge on any atom is 0.260 e. The number of piperazine rings is 1. The van der Waals surface area contributed by atoms with Crippen molar-refractivity contribution in [1.29, 1.82) is 0 Å². The van der Waals surface area contributed by atoms with Crippen LogP contribution in [0.4, 0.5) is 0 Å². The average molecular weight is 388 g/mol. The van der Waals surface area contributed by atoms with Crippen LogP contribution in [-0.4, -0.2) is 53.5 Å². The first kappa shape index (κ1) is 19.8. The number of aryl methyl sites for hydroxylation is 2. The highest BCUT2D eigenvalue weighted by molar-refractivity contribution is 7.09. The zero-order valence-corrected chi connectivity index (χ0v) is 17.5. The van der Waals surface area contributed by atoms with Crippen molar-refractivity contribution in [2.75, 3.05) is 32.8 Å². The predicted molar refractivity (Wildman–Crippen MR) is 109 cm³/mol. The molecule has 0 atom stereocenters. The topological polar surface area (TPSA) is 45.7 Å². The molecule has 5 nitrogen and oxygen atoms in total. The van der Waals surface area contributed by atoms with Gasteiger partial charge in [-0.2, -0.15) is 0 Å². The Morgan fingerprint density at radius 2 is 1.96 bits per heavy atom. The molecule has 146 valence electrons.